The third kappa shape index (κ3) is 2.82. The van der Waals surface area contributed by atoms with E-state index in [2.05, 4.69) is 36.0 Å². The summed E-state index contributed by atoms with van der Waals surface area (Å²) in [7, 11) is 4.31. The zero-order chi connectivity index (χ0) is 13.1. The number of rotatable bonds is 3. The highest BCUT2D eigenvalue weighted by molar-refractivity contribution is 5.95. The Labute approximate surface area is 109 Å². The summed E-state index contributed by atoms with van der Waals surface area (Å²) in [5.41, 5.74) is 7.48. The maximum absolute atomic E-state index is 7.38. The Balaban J connectivity index is 1.99. The number of benzene rings is 1. The summed E-state index contributed by atoms with van der Waals surface area (Å²) in [6.07, 6.45) is 2.42. The average molecular weight is 246 g/mol. The Morgan fingerprint density at radius 1 is 1.22 bits per heavy atom. The van der Waals surface area contributed by atoms with Crippen LogP contribution in [0.5, 0.6) is 0 Å². The van der Waals surface area contributed by atoms with Crippen molar-refractivity contribution in [3.63, 3.8) is 0 Å². The summed E-state index contributed by atoms with van der Waals surface area (Å²) in [6, 6.07) is 8.68. The van der Waals surface area contributed by atoms with Gasteiger partial charge in [-0.25, -0.2) is 0 Å². The first kappa shape index (κ1) is 12.9. The third-order valence-electron chi connectivity index (χ3n) is 3.74. The average Bonchev–Trinajstić information content (AvgIpc) is 2.39. The summed E-state index contributed by atoms with van der Waals surface area (Å²) < 4.78 is 0. The van der Waals surface area contributed by atoms with Crippen molar-refractivity contribution >= 4 is 11.5 Å². The van der Waals surface area contributed by atoms with Crippen molar-refractivity contribution in [3.05, 3.63) is 29.8 Å². The van der Waals surface area contributed by atoms with Gasteiger partial charge in [0.05, 0.1) is 0 Å². The fourth-order valence-corrected chi connectivity index (χ4v) is 2.49. The van der Waals surface area contributed by atoms with E-state index in [0.717, 1.165) is 18.7 Å². The Hall–Kier alpha value is -1.55. The number of hydrogen-bond donors (Lipinski definition) is 2. The minimum absolute atomic E-state index is 0.132. The summed E-state index contributed by atoms with van der Waals surface area (Å²) in [6.45, 7) is 2.20. The maximum Gasteiger partial charge on any atom is 0.122 e. The van der Waals surface area contributed by atoms with Crippen LogP contribution in [0.15, 0.2) is 24.3 Å². The molecule has 1 saturated heterocycles. The minimum atomic E-state index is 0.132. The molecule has 1 heterocycles. The van der Waals surface area contributed by atoms with Crippen molar-refractivity contribution in [2.75, 3.05) is 32.1 Å². The molecule has 0 atom stereocenters. The summed E-state index contributed by atoms with van der Waals surface area (Å²) in [5, 5.41) is 7.38. The Morgan fingerprint density at radius 3 is 2.22 bits per heavy atom. The molecule has 1 aliphatic heterocycles. The first-order chi connectivity index (χ1) is 8.58. The lowest BCUT2D eigenvalue weighted by atomic mass is 10.0. The molecular formula is C14H22N4. The van der Waals surface area contributed by atoms with E-state index in [-0.39, 0.29) is 5.84 Å². The summed E-state index contributed by atoms with van der Waals surface area (Å²) in [5.74, 6) is 0.132. The second-order valence-corrected chi connectivity index (χ2v) is 5.14. The lowest BCUT2D eigenvalue weighted by Crippen LogP contribution is -2.41. The van der Waals surface area contributed by atoms with Gasteiger partial charge in [-0.1, -0.05) is 0 Å². The van der Waals surface area contributed by atoms with Gasteiger partial charge in [-0.3, -0.25) is 5.41 Å². The van der Waals surface area contributed by atoms with Crippen molar-refractivity contribution in [3.8, 4) is 0 Å². The van der Waals surface area contributed by atoms with Crippen LogP contribution >= 0.6 is 0 Å². The van der Waals surface area contributed by atoms with E-state index in [4.69, 9.17) is 11.1 Å². The van der Waals surface area contributed by atoms with Gasteiger partial charge in [-0.2, -0.15) is 0 Å². The molecule has 0 bridgehead atoms. The predicted molar refractivity (Wildman–Crippen MR) is 76.4 cm³/mol. The van der Waals surface area contributed by atoms with Crippen LogP contribution in [0, 0.1) is 5.41 Å². The van der Waals surface area contributed by atoms with Gasteiger partial charge in [0.1, 0.15) is 5.84 Å². The number of hydrogen-bond acceptors (Lipinski definition) is 3. The smallest absolute Gasteiger partial charge is 0.122 e. The number of nitrogen functional groups attached to an aromatic ring is 1. The van der Waals surface area contributed by atoms with E-state index in [0.29, 0.717) is 6.04 Å². The minimum Gasteiger partial charge on any atom is -0.384 e. The second-order valence-electron chi connectivity index (χ2n) is 5.14. The van der Waals surface area contributed by atoms with Crippen LogP contribution in [0.1, 0.15) is 18.4 Å². The second kappa shape index (κ2) is 5.40. The highest BCUT2D eigenvalue weighted by Gasteiger charge is 2.20. The third-order valence-corrected chi connectivity index (χ3v) is 3.74. The van der Waals surface area contributed by atoms with Gasteiger partial charge >= 0.3 is 0 Å². The molecule has 1 aromatic rings. The normalized spacial score (nSPS) is 17.2. The topological polar surface area (TPSA) is 56.4 Å². The molecular weight excluding hydrogens is 224 g/mol. The molecule has 1 fully saturated rings. The molecule has 0 aromatic heterocycles. The SMILES string of the molecule is CN(C)C1CCN(c2ccc(C(=N)N)cc2)CC1. The van der Waals surface area contributed by atoms with Crippen LogP contribution < -0.4 is 10.6 Å². The number of amidine groups is 1. The standard InChI is InChI=1S/C14H22N4/c1-17(2)12-7-9-18(10-8-12)13-5-3-11(4-6-13)14(15)16/h3-6,12H,7-10H2,1-2H3,(H3,15,16). The summed E-state index contributed by atoms with van der Waals surface area (Å²) >= 11 is 0. The van der Waals surface area contributed by atoms with Gasteiger partial charge in [-0.15, -0.1) is 0 Å². The van der Waals surface area contributed by atoms with Gasteiger partial charge < -0.3 is 15.5 Å². The van der Waals surface area contributed by atoms with Gasteiger partial charge in [0.15, 0.2) is 0 Å². The highest BCUT2D eigenvalue weighted by atomic mass is 15.2. The monoisotopic (exact) mass is 246 g/mol. The number of anilines is 1. The van der Waals surface area contributed by atoms with Crippen LogP contribution in [-0.4, -0.2) is 44.0 Å². The first-order valence-electron chi connectivity index (χ1n) is 6.44. The molecule has 0 spiro atoms. The predicted octanol–water partition coefficient (Wildman–Crippen LogP) is 1.50. The maximum atomic E-state index is 7.38. The van der Waals surface area contributed by atoms with Crippen molar-refractivity contribution in [1.29, 1.82) is 5.41 Å². The molecule has 4 heteroatoms. The molecule has 0 saturated carbocycles. The fraction of sp³-hybridized carbons (Fsp3) is 0.500. The quantitative estimate of drug-likeness (QED) is 0.628. The number of nitrogens with zero attached hydrogens (tertiary/aromatic N) is 2. The zero-order valence-corrected chi connectivity index (χ0v) is 11.2. The Morgan fingerprint density at radius 2 is 1.78 bits per heavy atom. The van der Waals surface area contributed by atoms with Gasteiger partial charge in [0, 0.05) is 30.4 Å². The van der Waals surface area contributed by atoms with E-state index in [9.17, 15) is 0 Å². The lowest BCUT2D eigenvalue weighted by Gasteiger charge is -2.36. The van der Waals surface area contributed by atoms with E-state index in [1.54, 1.807) is 0 Å². The van der Waals surface area contributed by atoms with Crippen molar-refractivity contribution < 1.29 is 0 Å². The van der Waals surface area contributed by atoms with Crippen molar-refractivity contribution in [2.45, 2.75) is 18.9 Å². The number of nitrogens with two attached hydrogens (primary N) is 1. The largest absolute Gasteiger partial charge is 0.384 e. The molecule has 2 rings (SSSR count). The van der Waals surface area contributed by atoms with Crippen LogP contribution in [0.2, 0.25) is 0 Å². The summed E-state index contributed by atoms with van der Waals surface area (Å²) in [4.78, 5) is 4.72. The molecule has 0 unspecified atom stereocenters. The van der Waals surface area contributed by atoms with E-state index >= 15 is 0 Å². The van der Waals surface area contributed by atoms with Gasteiger partial charge in [-0.05, 0) is 51.2 Å². The zero-order valence-electron chi connectivity index (χ0n) is 11.2. The molecule has 0 amide bonds. The molecule has 0 aliphatic carbocycles. The van der Waals surface area contributed by atoms with E-state index in [1.807, 2.05) is 12.1 Å². The molecule has 4 nitrogen and oxygen atoms in total. The first-order valence-corrected chi connectivity index (χ1v) is 6.44. The Kier molecular flexibility index (Phi) is 3.87. The van der Waals surface area contributed by atoms with E-state index < -0.39 is 0 Å². The molecule has 1 aromatic carbocycles. The Bertz CT molecular complexity index is 402. The van der Waals surface area contributed by atoms with Crippen LogP contribution in [0.25, 0.3) is 0 Å². The highest BCUT2D eigenvalue weighted by Crippen LogP contribution is 2.21. The molecule has 18 heavy (non-hydrogen) atoms. The van der Waals surface area contributed by atoms with Crippen LogP contribution in [0.3, 0.4) is 0 Å². The molecule has 1 aliphatic rings. The lowest BCUT2D eigenvalue weighted by molar-refractivity contribution is 0.249. The molecule has 3 N–H and O–H groups in total. The van der Waals surface area contributed by atoms with Gasteiger partial charge in [0.2, 0.25) is 0 Å². The molecule has 98 valence electrons. The van der Waals surface area contributed by atoms with Crippen LogP contribution in [0.4, 0.5) is 5.69 Å². The van der Waals surface area contributed by atoms with Gasteiger partial charge in [0.25, 0.3) is 0 Å². The number of nitrogens with one attached hydrogen (secondary N) is 1. The fourth-order valence-electron chi connectivity index (χ4n) is 2.49. The number of piperidine rings is 1. The van der Waals surface area contributed by atoms with E-state index in [1.165, 1.54) is 18.5 Å². The molecule has 0 radical (unpaired) electrons. The van der Waals surface area contributed by atoms with Crippen molar-refractivity contribution in [2.24, 2.45) is 5.73 Å². The van der Waals surface area contributed by atoms with Crippen molar-refractivity contribution in [1.82, 2.24) is 4.90 Å². The van der Waals surface area contributed by atoms with Crippen LogP contribution in [-0.2, 0) is 0 Å².